The maximum atomic E-state index is 14.4. The molecule has 0 spiro atoms. The molecule has 0 radical (unpaired) electrons. The molecule has 9 nitrogen and oxygen atoms in total. The van der Waals surface area contributed by atoms with E-state index in [1.54, 1.807) is 16.8 Å². The lowest BCUT2D eigenvalue weighted by molar-refractivity contribution is 0.0956. The van der Waals surface area contributed by atoms with Crippen LogP contribution in [0.5, 0.6) is 0 Å². The largest absolute Gasteiger partial charge is 0.354 e. The molecule has 0 aliphatic carbocycles. The minimum atomic E-state index is -0.567. The molecule has 1 saturated heterocycles. The van der Waals surface area contributed by atoms with Crippen molar-refractivity contribution in [2.24, 2.45) is 7.05 Å². The highest BCUT2D eigenvalue weighted by Crippen LogP contribution is 2.30. The predicted molar refractivity (Wildman–Crippen MR) is 111 cm³/mol. The third-order valence-electron chi connectivity index (χ3n) is 5.31. The van der Waals surface area contributed by atoms with Crippen molar-refractivity contribution in [1.82, 2.24) is 30.3 Å². The fourth-order valence-electron chi connectivity index (χ4n) is 3.67. The quantitative estimate of drug-likeness (QED) is 0.622. The SMILES string of the molecule is CCNC(=O)Nc1cc(CN2CCC(c3ccc(C(=O)NC)nc3F)CC2)n(C)n1. The van der Waals surface area contributed by atoms with Gasteiger partial charge in [0.15, 0.2) is 5.82 Å². The first-order valence-electron chi connectivity index (χ1n) is 10.1. The Kier molecular flexibility index (Phi) is 6.99. The molecular weight excluding hydrogens is 389 g/mol. The highest BCUT2D eigenvalue weighted by atomic mass is 19.1. The molecule has 1 aliphatic rings. The van der Waals surface area contributed by atoms with Crippen molar-refractivity contribution in [3.63, 3.8) is 0 Å². The molecule has 3 rings (SSSR count). The van der Waals surface area contributed by atoms with Gasteiger partial charge in [-0.2, -0.15) is 9.49 Å². The second-order valence-corrected chi connectivity index (χ2v) is 7.34. The molecule has 1 fully saturated rings. The van der Waals surface area contributed by atoms with Gasteiger partial charge in [-0.05, 0) is 44.8 Å². The first-order chi connectivity index (χ1) is 14.4. The first kappa shape index (κ1) is 21.7. The summed E-state index contributed by atoms with van der Waals surface area (Å²) < 4.78 is 16.2. The third kappa shape index (κ3) is 5.12. The van der Waals surface area contributed by atoms with E-state index in [1.807, 2.05) is 20.0 Å². The highest BCUT2D eigenvalue weighted by molar-refractivity contribution is 5.92. The number of nitrogens with zero attached hydrogens (tertiary/aromatic N) is 4. The normalized spacial score (nSPS) is 15.1. The fraction of sp³-hybridized carbons (Fsp3) is 0.500. The summed E-state index contributed by atoms with van der Waals surface area (Å²) in [6.07, 6.45) is 1.61. The molecule has 3 N–H and O–H groups in total. The molecule has 2 aromatic rings. The van der Waals surface area contributed by atoms with E-state index in [0.29, 0.717) is 24.5 Å². The second-order valence-electron chi connectivity index (χ2n) is 7.34. The van der Waals surface area contributed by atoms with Gasteiger partial charge in [0.2, 0.25) is 5.95 Å². The van der Waals surface area contributed by atoms with Crippen molar-refractivity contribution in [2.45, 2.75) is 32.2 Å². The van der Waals surface area contributed by atoms with E-state index in [9.17, 15) is 14.0 Å². The summed E-state index contributed by atoms with van der Waals surface area (Å²) in [5.74, 6) is -0.374. The molecule has 2 aromatic heterocycles. The number of hydrogen-bond donors (Lipinski definition) is 3. The van der Waals surface area contributed by atoms with Crippen LogP contribution in [-0.2, 0) is 13.6 Å². The summed E-state index contributed by atoms with van der Waals surface area (Å²) in [6, 6.07) is 4.83. The van der Waals surface area contributed by atoms with Crippen LogP contribution >= 0.6 is 0 Å². The van der Waals surface area contributed by atoms with Gasteiger partial charge in [-0.1, -0.05) is 6.07 Å². The average molecular weight is 417 g/mol. The van der Waals surface area contributed by atoms with Crippen LogP contribution in [0, 0.1) is 5.95 Å². The number of amides is 3. The Bertz CT molecular complexity index is 907. The van der Waals surface area contributed by atoms with Gasteiger partial charge in [0, 0.05) is 38.8 Å². The number of anilines is 1. The van der Waals surface area contributed by atoms with Crippen LogP contribution in [-0.4, -0.2) is 58.3 Å². The zero-order valence-corrected chi connectivity index (χ0v) is 17.5. The van der Waals surface area contributed by atoms with E-state index in [0.717, 1.165) is 31.6 Å². The van der Waals surface area contributed by atoms with E-state index < -0.39 is 11.9 Å². The van der Waals surface area contributed by atoms with Crippen LogP contribution in [0.2, 0.25) is 0 Å². The van der Waals surface area contributed by atoms with E-state index >= 15 is 0 Å². The number of nitrogens with one attached hydrogen (secondary N) is 3. The molecule has 3 amide bonds. The lowest BCUT2D eigenvalue weighted by atomic mass is 9.90. The van der Waals surface area contributed by atoms with E-state index in [4.69, 9.17) is 0 Å². The fourth-order valence-corrected chi connectivity index (χ4v) is 3.67. The van der Waals surface area contributed by atoms with Crippen molar-refractivity contribution in [3.05, 3.63) is 41.1 Å². The average Bonchev–Trinajstić information content (AvgIpc) is 3.06. The highest BCUT2D eigenvalue weighted by Gasteiger charge is 2.25. The van der Waals surface area contributed by atoms with Crippen LogP contribution in [0.25, 0.3) is 0 Å². The minimum absolute atomic E-state index is 0.0778. The standard InChI is InChI=1S/C20H28FN7O2/c1-4-23-20(30)25-17-11-14(27(3)26-17)12-28-9-7-13(8-10-28)15-5-6-16(19(29)22-2)24-18(15)21/h5-6,11,13H,4,7-10,12H2,1-3H3,(H,22,29)(H2,23,25,26,30). The van der Waals surface area contributed by atoms with E-state index in [-0.39, 0.29) is 17.6 Å². The van der Waals surface area contributed by atoms with Crippen molar-refractivity contribution >= 4 is 17.8 Å². The Morgan fingerprint density at radius 3 is 2.63 bits per heavy atom. The van der Waals surface area contributed by atoms with Gasteiger partial charge in [0.05, 0.1) is 5.69 Å². The minimum Gasteiger partial charge on any atom is -0.354 e. The third-order valence-corrected chi connectivity index (χ3v) is 5.31. The number of carbonyl (C=O) groups excluding carboxylic acids is 2. The molecule has 1 aliphatic heterocycles. The molecular formula is C20H28FN7O2. The molecule has 0 atom stereocenters. The molecule has 0 bridgehead atoms. The number of piperidine rings is 1. The second kappa shape index (κ2) is 9.66. The van der Waals surface area contributed by atoms with Crippen LogP contribution in [0.3, 0.4) is 0 Å². The van der Waals surface area contributed by atoms with Crippen LogP contribution in [0.1, 0.15) is 47.4 Å². The number of hydrogen-bond acceptors (Lipinski definition) is 5. The smallest absolute Gasteiger partial charge is 0.320 e. The van der Waals surface area contributed by atoms with Crippen molar-refractivity contribution < 1.29 is 14.0 Å². The summed E-state index contributed by atoms with van der Waals surface area (Å²) in [4.78, 5) is 29.4. The summed E-state index contributed by atoms with van der Waals surface area (Å²) in [6.45, 7) is 4.72. The number of carbonyl (C=O) groups is 2. The number of urea groups is 1. The Hall–Kier alpha value is -3.01. The maximum absolute atomic E-state index is 14.4. The molecule has 0 aromatic carbocycles. The van der Waals surface area contributed by atoms with Gasteiger partial charge in [0.1, 0.15) is 5.69 Å². The Balaban J connectivity index is 1.57. The zero-order chi connectivity index (χ0) is 21.7. The lowest BCUT2D eigenvalue weighted by Crippen LogP contribution is -2.33. The maximum Gasteiger partial charge on any atom is 0.320 e. The zero-order valence-electron chi connectivity index (χ0n) is 17.5. The van der Waals surface area contributed by atoms with E-state index in [1.165, 1.54) is 7.05 Å². The predicted octanol–water partition coefficient (Wildman–Crippen LogP) is 1.83. The monoisotopic (exact) mass is 417 g/mol. The van der Waals surface area contributed by atoms with Crippen molar-refractivity contribution in [3.8, 4) is 0 Å². The van der Waals surface area contributed by atoms with Gasteiger partial charge in [-0.15, -0.1) is 0 Å². The summed E-state index contributed by atoms with van der Waals surface area (Å²) in [7, 11) is 3.34. The number of aromatic nitrogens is 3. The van der Waals surface area contributed by atoms with Gasteiger partial charge in [-0.3, -0.25) is 19.7 Å². The van der Waals surface area contributed by atoms with E-state index in [2.05, 4.69) is 30.9 Å². The molecule has 0 saturated carbocycles. The molecule has 10 heteroatoms. The van der Waals surface area contributed by atoms with Crippen molar-refractivity contribution in [1.29, 1.82) is 0 Å². The number of aryl methyl sites for hydroxylation is 1. The van der Waals surface area contributed by atoms with Gasteiger partial charge in [0.25, 0.3) is 5.91 Å². The molecule has 3 heterocycles. The summed E-state index contributed by atoms with van der Waals surface area (Å²) >= 11 is 0. The number of rotatable bonds is 6. The molecule has 162 valence electrons. The topological polar surface area (TPSA) is 104 Å². The Labute approximate surface area is 175 Å². The van der Waals surface area contributed by atoms with Crippen molar-refractivity contribution in [2.75, 3.05) is 32.0 Å². The number of halogens is 1. The van der Waals surface area contributed by atoms with Crippen LogP contribution in [0.4, 0.5) is 15.0 Å². The molecule has 0 unspecified atom stereocenters. The summed E-state index contributed by atoms with van der Waals surface area (Å²) in [5, 5.41) is 12.2. The summed E-state index contributed by atoms with van der Waals surface area (Å²) in [5.41, 5.74) is 1.64. The Morgan fingerprint density at radius 1 is 1.27 bits per heavy atom. The number of likely N-dealkylation sites (tertiary alicyclic amines) is 1. The Morgan fingerprint density at radius 2 is 2.00 bits per heavy atom. The van der Waals surface area contributed by atoms with Gasteiger partial charge >= 0.3 is 6.03 Å². The van der Waals surface area contributed by atoms with Crippen LogP contribution < -0.4 is 16.0 Å². The van der Waals surface area contributed by atoms with Gasteiger partial charge < -0.3 is 10.6 Å². The van der Waals surface area contributed by atoms with Crippen LogP contribution in [0.15, 0.2) is 18.2 Å². The molecule has 30 heavy (non-hydrogen) atoms. The number of pyridine rings is 1. The van der Waals surface area contributed by atoms with Gasteiger partial charge in [-0.25, -0.2) is 9.78 Å². The lowest BCUT2D eigenvalue weighted by Gasteiger charge is -2.32. The first-order valence-corrected chi connectivity index (χ1v) is 10.1.